The molecule has 0 unspecified atom stereocenters. The van der Waals surface area contributed by atoms with Crippen molar-refractivity contribution in [3.05, 3.63) is 94.8 Å². The molecule has 5 heteroatoms. The first kappa shape index (κ1) is 20.1. The van der Waals surface area contributed by atoms with E-state index in [-0.39, 0.29) is 6.61 Å². The van der Waals surface area contributed by atoms with E-state index in [1.165, 1.54) is 7.11 Å². The third-order valence-corrected chi connectivity index (χ3v) is 4.50. The predicted octanol–water partition coefficient (Wildman–Crippen LogP) is 4.99. The Balaban J connectivity index is 1.87. The second kappa shape index (κ2) is 9.54. The van der Waals surface area contributed by atoms with Crippen molar-refractivity contribution in [2.24, 2.45) is 0 Å². The third kappa shape index (κ3) is 5.01. The summed E-state index contributed by atoms with van der Waals surface area (Å²) in [6, 6.07) is 20.7. The van der Waals surface area contributed by atoms with Crippen LogP contribution in [0.5, 0.6) is 5.75 Å². The molecule has 0 aliphatic heterocycles. The molecule has 0 atom stereocenters. The van der Waals surface area contributed by atoms with Gasteiger partial charge >= 0.3 is 5.97 Å². The molecule has 0 heterocycles. The fourth-order valence-corrected chi connectivity index (χ4v) is 3.05. The summed E-state index contributed by atoms with van der Waals surface area (Å²) in [5, 5.41) is 3.11. The average Bonchev–Trinajstić information content (AvgIpc) is 2.77. The van der Waals surface area contributed by atoms with Crippen LogP contribution in [0.4, 0.5) is 5.69 Å². The van der Waals surface area contributed by atoms with Gasteiger partial charge in [-0.3, -0.25) is 0 Å². The molecule has 5 nitrogen and oxygen atoms in total. The molecule has 0 bridgehead atoms. The molecule has 146 valence electrons. The summed E-state index contributed by atoms with van der Waals surface area (Å²) >= 11 is 0. The maximum absolute atomic E-state index is 12.4. The molecule has 0 aromatic heterocycles. The molecule has 0 aliphatic rings. The fourth-order valence-electron chi connectivity index (χ4n) is 3.05. The minimum absolute atomic E-state index is 0.246. The van der Waals surface area contributed by atoms with Gasteiger partial charge in [0, 0.05) is 12.1 Å². The molecule has 0 aliphatic carbocycles. The van der Waals surface area contributed by atoms with Crippen LogP contribution >= 0.6 is 0 Å². The lowest BCUT2D eigenvalue weighted by Gasteiger charge is -2.13. The minimum atomic E-state index is -0.421. The van der Waals surface area contributed by atoms with Gasteiger partial charge in [-0.25, -0.2) is 9.64 Å². The topological polar surface area (TPSA) is 51.9 Å². The lowest BCUT2D eigenvalue weighted by atomic mass is 9.99. The molecular formula is C24H22N2O3. The largest absolute Gasteiger partial charge is 0.489 e. The molecule has 0 spiro atoms. The highest BCUT2D eigenvalue weighted by molar-refractivity contribution is 5.92. The highest BCUT2D eigenvalue weighted by Crippen LogP contribution is 2.27. The summed E-state index contributed by atoms with van der Waals surface area (Å²) in [7, 11) is 3.26. The number of ether oxygens (including phenoxy) is 2. The molecule has 0 radical (unpaired) electrons. The first-order chi connectivity index (χ1) is 14.1. The van der Waals surface area contributed by atoms with Gasteiger partial charge in [-0.15, -0.1) is 0 Å². The number of nitrogens with one attached hydrogen (secondary N) is 1. The normalized spacial score (nSPS) is 10.2. The van der Waals surface area contributed by atoms with Crippen molar-refractivity contribution in [3.63, 3.8) is 0 Å². The van der Waals surface area contributed by atoms with E-state index in [0.717, 1.165) is 34.5 Å². The number of carbonyl (C=O) groups excluding carboxylic acids is 1. The second-order valence-electron chi connectivity index (χ2n) is 6.49. The van der Waals surface area contributed by atoms with Crippen molar-refractivity contribution >= 4 is 11.7 Å². The van der Waals surface area contributed by atoms with Crippen molar-refractivity contribution < 1.29 is 14.3 Å². The van der Waals surface area contributed by atoms with Crippen molar-refractivity contribution in [2.45, 2.75) is 13.2 Å². The van der Waals surface area contributed by atoms with Gasteiger partial charge in [-0.05, 0) is 48.0 Å². The van der Waals surface area contributed by atoms with Gasteiger partial charge in [0.15, 0.2) is 5.69 Å². The van der Waals surface area contributed by atoms with Crippen LogP contribution in [-0.2, 0) is 17.9 Å². The second-order valence-corrected chi connectivity index (χ2v) is 6.49. The van der Waals surface area contributed by atoms with E-state index < -0.39 is 5.97 Å². The summed E-state index contributed by atoms with van der Waals surface area (Å²) in [5.74, 6) is 0.318. The van der Waals surface area contributed by atoms with E-state index in [0.29, 0.717) is 11.3 Å². The Morgan fingerprint density at radius 3 is 2.59 bits per heavy atom. The summed E-state index contributed by atoms with van der Waals surface area (Å²) in [6.45, 7) is 8.18. The fraction of sp³-hybridized carbons (Fsp3) is 0.167. The van der Waals surface area contributed by atoms with Crippen LogP contribution in [0.2, 0.25) is 0 Å². The number of nitrogens with zero attached hydrogens (tertiary/aromatic N) is 1. The van der Waals surface area contributed by atoms with Crippen LogP contribution < -0.4 is 10.1 Å². The summed E-state index contributed by atoms with van der Waals surface area (Å²) in [4.78, 5) is 15.8. The maximum atomic E-state index is 12.4. The Labute approximate surface area is 170 Å². The van der Waals surface area contributed by atoms with Crippen molar-refractivity contribution in [2.75, 3.05) is 14.2 Å². The Kier molecular flexibility index (Phi) is 6.62. The standard InChI is InChI=1S/C24H22N2O3/c1-25-15-17-6-4-9-22(12-17)29-16-20-11-10-19(14-23(20)24(27)28-3)18-7-5-8-21(13-18)26-2/h4-14,25H,15-16H2,1,3H3. The summed E-state index contributed by atoms with van der Waals surface area (Å²) in [5.41, 5.74) is 4.57. The molecule has 0 amide bonds. The van der Waals surface area contributed by atoms with E-state index in [1.807, 2.05) is 55.6 Å². The lowest BCUT2D eigenvalue weighted by Crippen LogP contribution is -2.09. The van der Waals surface area contributed by atoms with Crippen molar-refractivity contribution in [1.29, 1.82) is 0 Å². The zero-order valence-electron chi connectivity index (χ0n) is 16.4. The number of hydrogen-bond acceptors (Lipinski definition) is 4. The SMILES string of the molecule is [C-]#[N+]c1cccc(-c2ccc(COc3cccc(CNC)c3)c(C(=O)OC)c2)c1. The van der Waals surface area contributed by atoms with Crippen LogP contribution in [0.15, 0.2) is 66.7 Å². The molecule has 3 rings (SSSR count). The first-order valence-corrected chi connectivity index (χ1v) is 9.20. The minimum Gasteiger partial charge on any atom is -0.489 e. The first-order valence-electron chi connectivity index (χ1n) is 9.20. The predicted molar refractivity (Wildman–Crippen MR) is 113 cm³/mol. The van der Waals surface area contributed by atoms with E-state index in [4.69, 9.17) is 16.0 Å². The average molecular weight is 386 g/mol. The van der Waals surface area contributed by atoms with Gasteiger partial charge in [0.05, 0.1) is 19.2 Å². The van der Waals surface area contributed by atoms with Crippen LogP contribution in [-0.4, -0.2) is 20.1 Å². The third-order valence-electron chi connectivity index (χ3n) is 4.50. The summed E-state index contributed by atoms with van der Waals surface area (Å²) in [6.07, 6.45) is 0. The Morgan fingerprint density at radius 2 is 1.83 bits per heavy atom. The molecular weight excluding hydrogens is 364 g/mol. The number of carbonyl (C=O) groups is 1. The number of rotatable bonds is 7. The van der Waals surface area contributed by atoms with Crippen molar-refractivity contribution in [1.82, 2.24) is 5.32 Å². The van der Waals surface area contributed by atoms with Crippen LogP contribution in [0.3, 0.4) is 0 Å². The monoisotopic (exact) mass is 386 g/mol. The Bertz CT molecular complexity index is 1050. The molecule has 3 aromatic rings. The van der Waals surface area contributed by atoms with Crippen molar-refractivity contribution in [3.8, 4) is 16.9 Å². The van der Waals surface area contributed by atoms with Crippen LogP contribution in [0.25, 0.3) is 16.0 Å². The quantitative estimate of drug-likeness (QED) is 0.459. The number of esters is 1. The highest BCUT2D eigenvalue weighted by atomic mass is 16.5. The molecule has 1 N–H and O–H groups in total. The number of benzene rings is 3. The smallest absolute Gasteiger partial charge is 0.338 e. The molecule has 0 fully saturated rings. The number of methoxy groups -OCH3 is 1. The number of hydrogen-bond donors (Lipinski definition) is 1. The Morgan fingerprint density at radius 1 is 1.03 bits per heavy atom. The molecule has 3 aromatic carbocycles. The van der Waals surface area contributed by atoms with Crippen LogP contribution in [0, 0.1) is 6.57 Å². The van der Waals surface area contributed by atoms with Gasteiger partial charge in [0.2, 0.25) is 0 Å². The molecule has 29 heavy (non-hydrogen) atoms. The van der Waals surface area contributed by atoms with Gasteiger partial charge < -0.3 is 14.8 Å². The van der Waals surface area contributed by atoms with E-state index in [1.54, 1.807) is 18.2 Å². The lowest BCUT2D eigenvalue weighted by molar-refractivity contribution is 0.0598. The summed E-state index contributed by atoms with van der Waals surface area (Å²) < 4.78 is 10.9. The van der Waals surface area contributed by atoms with Crippen LogP contribution in [0.1, 0.15) is 21.5 Å². The van der Waals surface area contributed by atoms with Gasteiger partial charge in [0.25, 0.3) is 0 Å². The van der Waals surface area contributed by atoms with E-state index in [9.17, 15) is 4.79 Å². The maximum Gasteiger partial charge on any atom is 0.338 e. The molecule has 0 saturated heterocycles. The van der Waals surface area contributed by atoms with E-state index >= 15 is 0 Å². The van der Waals surface area contributed by atoms with Gasteiger partial charge in [-0.2, -0.15) is 0 Å². The zero-order chi connectivity index (χ0) is 20.6. The van der Waals surface area contributed by atoms with Gasteiger partial charge in [-0.1, -0.05) is 42.5 Å². The van der Waals surface area contributed by atoms with Gasteiger partial charge in [0.1, 0.15) is 12.4 Å². The van der Waals surface area contributed by atoms with E-state index in [2.05, 4.69) is 10.2 Å². The Hall–Kier alpha value is -3.62. The highest BCUT2D eigenvalue weighted by Gasteiger charge is 2.14. The molecule has 0 saturated carbocycles. The zero-order valence-corrected chi connectivity index (χ0v) is 16.4.